The topological polar surface area (TPSA) is 114 Å². The largest absolute Gasteiger partial charge is 0.511 e. The quantitative estimate of drug-likeness (QED) is 0.275. The molecule has 0 radical (unpaired) electrons. The molecule has 1 aliphatic carbocycles. The fourth-order valence-electron chi connectivity index (χ4n) is 4.43. The lowest BCUT2D eigenvalue weighted by atomic mass is 9.70. The fourth-order valence-corrected chi connectivity index (χ4v) is 4.43. The molecule has 2 unspecified atom stereocenters. The second-order valence-electron chi connectivity index (χ2n) is 9.75. The number of hydrogen-bond acceptors (Lipinski definition) is 6. The van der Waals surface area contributed by atoms with Crippen LogP contribution < -0.4 is 4.74 Å². The molecule has 2 aliphatic rings. The van der Waals surface area contributed by atoms with E-state index in [1.807, 2.05) is 47.7 Å². The van der Waals surface area contributed by atoms with E-state index in [0.29, 0.717) is 43.1 Å². The first-order valence-corrected chi connectivity index (χ1v) is 12.4. The van der Waals surface area contributed by atoms with Crippen molar-refractivity contribution in [3.63, 3.8) is 0 Å². The summed E-state index contributed by atoms with van der Waals surface area (Å²) in [5.74, 6) is -1.46. The monoisotopic (exact) mass is 488 g/mol. The van der Waals surface area contributed by atoms with E-state index in [1.165, 1.54) is 0 Å². The number of allylic oxidation sites excluding steroid dienone is 2. The number of aryl methyl sites for hydroxylation is 2. The van der Waals surface area contributed by atoms with Crippen LogP contribution in [-0.4, -0.2) is 62.0 Å². The summed E-state index contributed by atoms with van der Waals surface area (Å²) in [4.78, 5) is 25.4. The Hall–Kier alpha value is -3.10. The van der Waals surface area contributed by atoms with Gasteiger partial charge < -0.3 is 19.7 Å². The summed E-state index contributed by atoms with van der Waals surface area (Å²) >= 11 is 0. The lowest BCUT2D eigenvalue weighted by Crippen LogP contribution is -2.40. The number of nitrogens with zero attached hydrogens (tertiary/aromatic N) is 3. The van der Waals surface area contributed by atoms with Gasteiger partial charge in [-0.1, -0.05) is 6.92 Å². The van der Waals surface area contributed by atoms with Crippen molar-refractivity contribution in [2.75, 3.05) is 19.8 Å². The lowest BCUT2D eigenvalue weighted by molar-refractivity contribution is -0.459. The number of carbonyl (C=O) groups excluding carboxylic acids is 2. The third kappa shape index (κ3) is 4.73. The molecule has 2 N–H and O–H groups in total. The van der Waals surface area contributed by atoms with Gasteiger partial charge in [-0.3, -0.25) is 9.59 Å². The van der Waals surface area contributed by atoms with Gasteiger partial charge in [0.2, 0.25) is 5.88 Å². The number of ether oxygens (including phenoxy) is 2. The van der Waals surface area contributed by atoms with Crippen LogP contribution in [0.2, 0.25) is 0 Å². The van der Waals surface area contributed by atoms with Crippen LogP contribution in [0.25, 0.3) is 5.57 Å². The van der Waals surface area contributed by atoms with E-state index in [9.17, 15) is 19.8 Å². The standard InChI is InChI=1S/C26H37N3O6/c1-8-26(6,7)25(33)35-13-11-12-34-24-18(16(5)27-29(24)10-3)20-21(30)19(22(20)31)17-15(4)14-28(9-2)23(17)32/h14,17,19H,8-13H2,1-7H3,(H,30,31)/p+1. The minimum Gasteiger partial charge on any atom is -0.511 e. The first-order chi connectivity index (χ1) is 16.5. The summed E-state index contributed by atoms with van der Waals surface area (Å²) in [6.45, 7) is 14.7. The average molecular weight is 489 g/mol. The van der Waals surface area contributed by atoms with Crippen LogP contribution in [0, 0.1) is 24.2 Å². The molecule has 1 aromatic heterocycles. The van der Waals surface area contributed by atoms with Gasteiger partial charge in [0.15, 0.2) is 12.0 Å². The molecule has 0 bridgehead atoms. The number of ketones is 1. The molecule has 0 aromatic carbocycles. The highest BCUT2D eigenvalue weighted by Crippen LogP contribution is 2.47. The Labute approximate surface area is 206 Å². The second kappa shape index (κ2) is 10.3. The Bertz CT molecular complexity index is 1110. The summed E-state index contributed by atoms with van der Waals surface area (Å²) in [7, 11) is 0. The van der Waals surface area contributed by atoms with E-state index >= 15 is 0 Å². The lowest BCUT2D eigenvalue weighted by Gasteiger charge is -2.31. The summed E-state index contributed by atoms with van der Waals surface area (Å²) in [5.41, 5.74) is 1.54. The molecule has 0 amide bonds. The Morgan fingerprint density at radius 2 is 1.86 bits per heavy atom. The number of hydrogen-bond donors (Lipinski definition) is 2. The highest BCUT2D eigenvalue weighted by Gasteiger charge is 2.53. The van der Waals surface area contributed by atoms with Gasteiger partial charge in [0.25, 0.3) is 0 Å². The molecule has 0 saturated carbocycles. The minimum absolute atomic E-state index is 0.0587. The van der Waals surface area contributed by atoms with Crippen LogP contribution in [0.1, 0.15) is 65.6 Å². The van der Waals surface area contributed by atoms with E-state index in [4.69, 9.17) is 9.47 Å². The van der Waals surface area contributed by atoms with Crippen molar-refractivity contribution in [3.8, 4) is 5.88 Å². The zero-order chi connectivity index (χ0) is 26.1. The Morgan fingerprint density at radius 3 is 2.40 bits per heavy atom. The smallest absolute Gasteiger partial charge is 0.348 e. The van der Waals surface area contributed by atoms with Crippen molar-refractivity contribution in [2.24, 2.45) is 17.3 Å². The first kappa shape index (κ1) is 26.5. The molecule has 3 rings (SSSR count). The number of Topliss-reactive ketones (excluding diaryl/α,β-unsaturated/α-hetero) is 1. The van der Waals surface area contributed by atoms with Crippen LogP contribution in [0.4, 0.5) is 0 Å². The third-order valence-corrected chi connectivity index (χ3v) is 7.00. The second-order valence-corrected chi connectivity index (χ2v) is 9.75. The van der Waals surface area contributed by atoms with Gasteiger partial charge in [0.1, 0.15) is 24.1 Å². The van der Waals surface area contributed by atoms with E-state index in [2.05, 4.69) is 5.10 Å². The Kier molecular flexibility index (Phi) is 7.77. The van der Waals surface area contributed by atoms with Gasteiger partial charge >= 0.3 is 11.9 Å². The number of aliphatic hydroxyl groups excluding tert-OH is 2. The van der Waals surface area contributed by atoms with Gasteiger partial charge in [-0.15, -0.1) is 0 Å². The fraction of sp³-hybridized carbons (Fsp3) is 0.615. The first-order valence-electron chi connectivity index (χ1n) is 12.4. The van der Waals surface area contributed by atoms with Crippen molar-refractivity contribution >= 4 is 23.2 Å². The van der Waals surface area contributed by atoms with E-state index in [0.717, 1.165) is 5.57 Å². The van der Waals surface area contributed by atoms with Crippen LogP contribution in [0.3, 0.4) is 0 Å². The highest BCUT2D eigenvalue weighted by atomic mass is 16.5. The molecular weight excluding hydrogens is 450 g/mol. The highest BCUT2D eigenvalue weighted by molar-refractivity contribution is 6.31. The molecule has 9 heteroatoms. The van der Waals surface area contributed by atoms with Crippen molar-refractivity contribution in [2.45, 2.75) is 67.9 Å². The normalized spacial score (nSPS) is 20.3. The maximum Gasteiger partial charge on any atom is 0.348 e. The molecule has 0 spiro atoms. The molecular formula is C26H38N3O6+. The molecule has 0 saturated heterocycles. The predicted octanol–water partition coefficient (Wildman–Crippen LogP) is 3.95. The minimum atomic E-state index is -0.823. The predicted molar refractivity (Wildman–Crippen MR) is 132 cm³/mol. The number of esters is 1. The van der Waals surface area contributed by atoms with Gasteiger partial charge in [0, 0.05) is 18.5 Å². The van der Waals surface area contributed by atoms with Crippen LogP contribution in [-0.2, 0) is 20.9 Å². The summed E-state index contributed by atoms with van der Waals surface area (Å²) in [5, 5.41) is 26.1. The zero-order valence-corrected chi connectivity index (χ0v) is 21.8. The summed E-state index contributed by atoms with van der Waals surface area (Å²) in [6, 6.07) is 0. The van der Waals surface area contributed by atoms with E-state index < -0.39 is 17.3 Å². The van der Waals surface area contributed by atoms with Gasteiger partial charge in [0.05, 0.1) is 35.5 Å². The van der Waals surface area contributed by atoms with E-state index in [1.54, 1.807) is 16.2 Å². The number of aromatic nitrogens is 2. The van der Waals surface area contributed by atoms with Crippen molar-refractivity contribution in [3.05, 3.63) is 28.8 Å². The zero-order valence-electron chi connectivity index (χ0n) is 21.8. The molecule has 2 atom stereocenters. The van der Waals surface area contributed by atoms with Gasteiger partial charge in [-0.25, -0.2) is 4.68 Å². The number of aliphatic hydroxyl groups is 2. The van der Waals surface area contributed by atoms with Gasteiger partial charge in [-0.2, -0.15) is 9.67 Å². The van der Waals surface area contributed by atoms with Crippen LogP contribution in [0.15, 0.2) is 17.5 Å². The summed E-state index contributed by atoms with van der Waals surface area (Å²) in [6.07, 6.45) is 2.97. The maximum absolute atomic E-state index is 13.3. The van der Waals surface area contributed by atoms with Crippen molar-refractivity contribution in [1.29, 1.82) is 0 Å². The Morgan fingerprint density at radius 1 is 1.17 bits per heavy atom. The maximum atomic E-state index is 13.3. The molecule has 35 heavy (non-hydrogen) atoms. The third-order valence-electron chi connectivity index (χ3n) is 7.00. The van der Waals surface area contributed by atoms with Crippen LogP contribution >= 0.6 is 0 Å². The van der Waals surface area contributed by atoms with Crippen LogP contribution in [0.5, 0.6) is 5.88 Å². The SMILES string of the molecule is CCn1nc(C)c(C2=C(O)C(C3C(C)=C[N+](CC)=C3O)C2=O)c1OCCCOC(=O)C(C)(C)CC. The number of rotatable bonds is 11. The molecule has 0 fully saturated rings. The molecule has 1 aromatic rings. The molecule has 2 heterocycles. The van der Waals surface area contributed by atoms with Crippen molar-refractivity contribution in [1.82, 2.24) is 9.78 Å². The van der Waals surface area contributed by atoms with Gasteiger partial charge in [-0.05, 0) is 48.0 Å². The average Bonchev–Trinajstić information content (AvgIpc) is 3.29. The number of carbonyl (C=O) groups is 2. The molecule has 192 valence electrons. The van der Waals surface area contributed by atoms with E-state index in [-0.39, 0.29) is 42.2 Å². The van der Waals surface area contributed by atoms with Crippen molar-refractivity contribution < 1.29 is 33.9 Å². The molecule has 1 aliphatic heterocycles. The summed E-state index contributed by atoms with van der Waals surface area (Å²) < 4.78 is 14.7. The molecule has 9 nitrogen and oxygen atoms in total. The Balaban J connectivity index is 1.77.